The number of hydrogen-bond donors (Lipinski definition) is 0. The van der Waals surface area contributed by atoms with Crippen LogP contribution in [-0.4, -0.2) is 42.9 Å². The fourth-order valence-electron chi connectivity index (χ4n) is 1.89. The smallest absolute Gasteiger partial charge is 0.269 e. The van der Waals surface area contributed by atoms with Crippen LogP contribution in [0.5, 0.6) is 0 Å². The number of amides is 1. The summed E-state index contributed by atoms with van der Waals surface area (Å²) < 4.78 is 0. The Morgan fingerprint density at radius 1 is 1.20 bits per heavy atom. The van der Waals surface area contributed by atoms with Crippen molar-refractivity contribution in [1.29, 1.82) is 0 Å². The van der Waals surface area contributed by atoms with E-state index in [1.54, 1.807) is 17.0 Å². The fraction of sp³-hybridized carbons (Fsp3) is 0.500. The van der Waals surface area contributed by atoms with Gasteiger partial charge in [-0.25, -0.2) is 0 Å². The number of nitrogens with zero attached hydrogens (tertiary/aromatic N) is 3. The first-order valence-electron chi connectivity index (χ1n) is 6.65. The van der Waals surface area contributed by atoms with Crippen LogP contribution in [0.15, 0.2) is 24.3 Å². The van der Waals surface area contributed by atoms with Gasteiger partial charge in [-0.2, -0.15) is 0 Å². The van der Waals surface area contributed by atoms with Gasteiger partial charge in [0, 0.05) is 30.8 Å². The van der Waals surface area contributed by atoms with E-state index in [1.807, 2.05) is 21.0 Å². The summed E-state index contributed by atoms with van der Waals surface area (Å²) in [5.74, 6) is 0.0256. The van der Waals surface area contributed by atoms with E-state index in [2.05, 4.69) is 4.90 Å². The van der Waals surface area contributed by atoms with Crippen molar-refractivity contribution in [2.45, 2.75) is 19.8 Å². The number of hydrogen-bond acceptors (Lipinski definition) is 4. The van der Waals surface area contributed by atoms with Crippen molar-refractivity contribution < 1.29 is 9.72 Å². The second-order valence-electron chi connectivity index (χ2n) is 4.83. The van der Waals surface area contributed by atoms with Gasteiger partial charge in [0.25, 0.3) is 5.69 Å². The molecule has 1 aromatic carbocycles. The summed E-state index contributed by atoms with van der Waals surface area (Å²) >= 11 is 0. The minimum Gasteiger partial charge on any atom is -0.312 e. The predicted octanol–water partition coefficient (Wildman–Crippen LogP) is 2.29. The molecule has 0 aliphatic rings. The van der Waals surface area contributed by atoms with Crippen LogP contribution in [0.1, 0.15) is 19.8 Å². The number of nitro benzene ring substituents is 1. The summed E-state index contributed by atoms with van der Waals surface area (Å²) in [6.45, 7) is 3.32. The molecule has 1 amide bonds. The molecular weight excluding hydrogens is 258 g/mol. The molecule has 20 heavy (non-hydrogen) atoms. The molecule has 0 unspecified atom stereocenters. The van der Waals surface area contributed by atoms with Gasteiger partial charge < -0.3 is 9.80 Å². The number of anilines is 1. The lowest BCUT2D eigenvalue weighted by Gasteiger charge is -2.23. The molecular formula is C14H21N3O3. The Bertz CT molecular complexity index is 457. The highest BCUT2D eigenvalue weighted by Crippen LogP contribution is 2.20. The highest BCUT2D eigenvalue weighted by molar-refractivity contribution is 5.93. The van der Waals surface area contributed by atoms with Gasteiger partial charge in [0.15, 0.2) is 0 Å². The minimum absolute atomic E-state index is 0.0256. The van der Waals surface area contributed by atoms with Crippen molar-refractivity contribution in [3.8, 4) is 0 Å². The lowest BCUT2D eigenvalue weighted by molar-refractivity contribution is -0.384. The molecule has 0 heterocycles. The zero-order valence-corrected chi connectivity index (χ0v) is 12.2. The van der Waals surface area contributed by atoms with Crippen LogP contribution in [0.25, 0.3) is 0 Å². The minimum atomic E-state index is -0.443. The molecule has 110 valence electrons. The van der Waals surface area contributed by atoms with Gasteiger partial charge >= 0.3 is 0 Å². The van der Waals surface area contributed by atoms with E-state index in [4.69, 9.17) is 0 Å². The van der Waals surface area contributed by atoms with E-state index >= 15 is 0 Å². The van der Waals surface area contributed by atoms with Crippen LogP contribution in [-0.2, 0) is 4.79 Å². The van der Waals surface area contributed by atoms with Crippen LogP contribution in [0, 0.1) is 10.1 Å². The van der Waals surface area contributed by atoms with Gasteiger partial charge in [-0.15, -0.1) is 0 Å². The van der Waals surface area contributed by atoms with Crippen LogP contribution in [0.4, 0.5) is 11.4 Å². The predicted molar refractivity (Wildman–Crippen MR) is 78.9 cm³/mol. The summed E-state index contributed by atoms with van der Waals surface area (Å²) in [7, 11) is 3.97. The van der Waals surface area contributed by atoms with Gasteiger partial charge in [-0.05, 0) is 39.2 Å². The molecule has 0 aliphatic heterocycles. The van der Waals surface area contributed by atoms with Gasteiger partial charge in [0.05, 0.1) is 4.92 Å². The quantitative estimate of drug-likeness (QED) is 0.567. The Hall–Kier alpha value is -1.95. The maximum absolute atomic E-state index is 12.0. The fourth-order valence-corrected chi connectivity index (χ4v) is 1.89. The van der Waals surface area contributed by atoms with E-state index in [0.717, 1.165) is 13.0 Å². The SMILES string of the molecule is CCC(=O)N(CCCN(C)C)c1ccc([N+](=O)[O-])cc1. The topological polar surface area (TPSA) is 66.7 Å². The third kappa shape index (κ3) is 4.62. The summed E-state index contributed by atoms with van der Waals surface area (Å²) in [4.78, 5) is 25.9. The third-order valence-corrected chi connectivity index (χ3v) is 2.96. The van der Waals surface area contributed by atoms with Gasteiger partial charge in [0.1, 0.15) is 0 Å². The molecule has 0 N–H and O–H groups in total. The molecule has 0 saturated heterocycles. The average Bonchev–Trinajstić information content (AvgIpc) is 2.42. The first-order chi connectivity index (χ1) is 9.45. The lowest BCUT2D eigenvalue weighted by atomic mass is 10.2. The number of benzene rings is 1. The first-order valence-corrected chi connectivity index (χ1v) is 6.65. The van der Waals surface area contributed by atoms with Crippen molar-refractivity contribution >= 4 is 17.3 Å². The van der Waals surface area contributed by atoms with E-state index < -0.39 is 4.92 Å². The van der Waals surface area contributed by atoms with Crippen LogP contribution in [0.2, 0.25) is 0 Å². The Morgan fingerprint density at radius 3 is 2.25 bits per heavy atom. The zero-order valence-electron chi connectivity index (χ0n) is 12.2. The van der Waals surface area contributed by atoms with Gasteiger partial charge in [-0.1, -0.05) is 6.92 Å². The maximum atomic E-state index is 12.0. The number of non-ortho nitro benzene ring substituents is 1. The summed E-state index contributed by atoms with van der Waals surface area (Å²) in [6, 6.07) is 6.11. The molecule has 6 heteroatoms. The first kappa shape index (κ1) is 16.1. The van der Waals surface area contributed by atoms with E-state index in [0.29, 0.717) is 18.7 Å². The monoisotopic (exact) mass is 279 g/mol. The van der Waals surface area contributed by atoms with E-state index in [9.17, 15) is 14.9 Å². The Kier molecular flexibility index (Phi) is 6.11. The van der Waals surface area contributed by atoms with Gasteiger partial charge in [-0.3, -0.25) is 14.9 Å². The maximum Gasteiger partial charge on any atom is 0.269 e. The normalized spacial score (nSPS) is 10.6. The highest BCUT2D eigenvalue weighted by atomic mass is 16.6. The van der Waals surface area contributed by atoms with E-state index in [1.165, 1.54) is 12.1 Å². The molecule has 1 aromatic rings. The summed E-state index contributed by atoms with van der Waals surface area (Å²) in [5.41, 5.74) is 0.743. The number of rotatable bonds is 7. The molecule has 0 fully saturated rings. The van der Waals surface area contributed by atoms with Crippen LogP contribution >= 0.6 is 0 Å². The van der Waals surface area contributed by atoms with E-state index in [-0.39, 0.29) is 11.6 Å². The Morgan fingerprint density at radius 2 is 1.80 bits per heavy atom. The molecule has 1 rings (SSSR count). The molecule has 0 aliphatic carbocycles. The summed E-state index contributed by atoms with van der Waals surface area (Å²) in [5, 5.41) is 10.6. The lowest BCUT2D eigenvalue weighted by Crippen LogP contribution is -2.32. The molecule has 0 radical (unpaired) electrons. The van der Waals surface area contributed by atoms with Crippen molar-refractivity contribution in [1.82, 2.24) is 4.90 Å². The van der Waals surface area contributed by atoms with Gasteiger partial charge in [0.2, 0.25) is 5.91 Å². The third-order valence-electron chi connectivity index (χ3n) is 2.96. The standard InChI is InChI=1S/C14H21N3O3/c1-4-14(18)16(11-5-10-15(2)3)12-6-8-13(9-7-12)17(19)20/h6-9H,4-5,10-11H2,1-3H3. The van der Waals surface area contributed by atoms with Crippen molar-refractivity contribution in [3.63, 3.8) is 0 Å². The largest absolute Gasteiger partial charge is 0.312 e. The number of carbonyl (C=O) groups is 1. The number of nitro groups is 1. The second kappa shape index (κ2) is 7.59. The zero-order chi connectivity index (χ0) is 15.1. The molecule has 6 nitrogen and oxygen atoms in total. The molecule has 0 saturated carbocycles. The van der Waals surface area contributed by atoms with Crippen molar-refractivity contribution in [2.75, 3.05) is 32.1 Å². The van der Waals surface area contributed by atoms with Crippen LogP contribution in [0.3, 0.4) is 0 Å². The summed E-state index contributed by atoms with van der Waals surface area (Å²) in [6.07, 6.45) is 1.27. The Balaban J connectivity index is 2.81. The van der Waals surface area contributed by atoms with Crippen molar-refractivity contribution in [2.24, 2.45) is 0 Å². The highest BCUT2D eigenvalue weighted by Gasteiger charge is 2.15. The Labute approximate surface area is 119 Å². The molecule has 0 atom stereocenters. The molecule has 0 bridgehead atoms. The number of carbonyl (C=O) groups excluding carboxylic acids is 1. The van der Waals surface area contributed by atoms with Crippen LogP contribution < -0.4 is 4.90 Å². The van der Waals surface area contributed by atoms with Crippen molar-refractivity contribution in [3.05, 3.63) is 34.4 Å². The molecule has 0 aromatic heterocycles. The molecule has 0 spiro atoms. The second-order valence-corrected chi connectivity index (χ2v) is 4.83. The average molecular weight is 279 g/mol.